The fourth-order valence-electron chi connectivity index (χ4n) is 4.24. The molecule has 2 aromatic rings. The van der Waals surface area contributed by atoms with Gasteiger partial charge in [-0.05, 0) is 58.6 Å². The Labute approximate surface area is 214 Å². The summed E-state index contributed by atoms with van der Waals surface area (Å²) in [5.74, 6) is -1.69. The van der Waals surface area contributed by atoms with E-state index in [2.05, 4.69) is 10.6 Å². The Morgan fingerprint density at radius 3 is 1.53 bits per heavy atom. The molecule has 0 bridgehead atoms. The molecule has 0 unspecified atom stereocenters. The molecule has 1 fully saturated rings. The van der Waals surface area contributed by atoms with Crippen LogP contribution < -0.4 is 10.6 Å². The summed E-state index contributed by atoms with van der Waals surface area (Å²) in [7, 11) is 0. The fraction of sp³-hybridized carbons (Fsp3) is 0.483. The fourth-order valence-corrected chi connectivity index (χ4v) is 4.24. The molecule has 36 heavy (non-hydrogen) atoms. The maximum absolute atomic E-state index is 13.1. The molecule has 0 aromatic heterocycles. The summed E-state index contributed by atoms with van der Waals surface area (Å²) in [6.45, 7) is 10.7. The van der Waals surface area contributed by atoms with Crippen LogP contribution in [0.3, 0.4) is 0 Å². The molecule has 1 aliphatic rings. The first-order valence-electron chi connectivity index (χ1n) is 12.7. The van der Waals surface area contributed by atoms with E-state index in [-0.39, 0.29) is 24.9 Å². The number of aryl methyl sites for hydroxylation is 2. The van der Waals surface area contributed by atoms with Gasteiger partial charge < -0.3 is 20.3 Å². The van der Waals surface area contributed by atoms with Gasteiger partial charge in [0.15, 0.2) is 0 Å². The lowest BCUT2D eigenvalue weighted by Gasteiger charge is -2.24. The summed E-state index contributed by atoms with van der Waals surface area (Å²) >= 11 is 0. The monoisotopic (exact) mass is 493 g/mol. The molecule has 2 aromatic carbocycles. The Kier molecular flexibility index (Phi) is 9.13. The van der Waals surface area contributed by atoms with Crippen LogP contribution in [0.2, 0.25) is 0 Å². The number of ether oxygens (including phenoxy) is 1. The quantitative estimate of drug-likeness (QED) is 0.586. The van der Waals surface area contributed by atoms with E-state index in [0.717, 1.165) is 11.1 Å². The van der Waals surface area contributed by atoms with Gasteiger partial charge in [-0.15, -0.1) is 0 Å². The number of rotatable bonds is 8. The second-order valence-electron chi connectivity index (χ2n) is 10.7. The van der Waals surface area contributed by atoms with Gasteiger partial charge in [-0.2, -0.15) is 0 Å². The number of hydrogen-bond acceptors (Lipinski definition) is 4. The van der Waals surface area contributed by atoms with Crippen molar-refractivity contribution in [2.45, 2.75) is 53.1 Å². The number of amides is 3. The molecule has 7 nitrogen and oxygen atoms in total. The predicted octanol–water partition coefficient (Wildman–Crippen LogP) is 3.80. The van der Waals surface area contributed by atoms with Crippen LogP contribution in [0.25, 0.3) is 0 Å². The lowest BCUT2D eigenvalue weighted by molar-refractivity contribution is -0.132. The number of nitrogens with zero attached hydrogens (tertiary/aromatic N) is 1. The molecule has 1 heterocycles. The van der Waals surface area contributed by atoms with Gasteiger partial charge in [-0.25, -0.2) is 4.79 Å². The number of carbonyl (C=O) groups excluding carboxylic acids is 3. The van der Waals surface area contributed by atoms with E-state index < -0.39 is 23.5 Å². The van der Waals surface area contributed by atoms with E-state index in [1.165, 1.54) is 16.0 Å². The van der Waals surface area contributed by atoms with Crippen molar-refractivity contribution in [3.05, 3.63) is 70.8 Å². The van der Waals surface area contributed by atoms with Crippen LogP contribution in [0.5, 0.6) is 0 Å². The number of carbonyl (C=O) groups is 3. The van der Waals surface area contributed by atoms with Gasteiger partial charge in [0, 0.05) is 26.2 Å². The summed E-state index contributed by atoms with van der Waals surface area (Å²) in [6.07, 6.45) is 0.888. The molecule has 1 saturated heterocycles. The van der Waals surface area contributed by atoms with Crippen molar-refractivity contribution in [2.24, 2.45) is 11.8 Å². The zero-order valence-electron chi connectivity index (χ0n) is 22.1. The summed E-state index contributed by atoms with van der Waals surface area (Å²) < 4.78 is 5.50. The molecule has 0 saturated carbocycles. The second-order valence-corrected chi connectivity index (χ2v) is 10.7. The SMILES string of the molecule is Cc1ccc(CCNC(=O)[C@@H]2CN(C(=O)OC(C)(C)C)C[C@H]2C(=O)NCCc2ccc(C)cc2)cc1. The van der Waals surface area contributed by atoms with Crippen molar-refractivity contribution < 1.29 is 19.1 Å². The van der Waals surface area contributed by atoms with Crippen molar-refractivity contribution in [3.63, 3.8) is 0 Å². The van der Waals surface area contributed by atoms with E-state index in [1.54, 1.807) is 20.8 Å². The van der Waals surface area contributed by atoms with Crippen molar-refractivity contribution in [3.8, 4) is 0 Å². The third-order valence-electron chi connectivity index (χ3n) is 6.31. The van der Waals surface area contributed by atoms with E-state index >= 15 is 0 Å². The molecular weight excluding hydrogens is 454 g/mol. The predicted molar refractivity (Wildman–Crippen MR) is 141 cm³/mol. The van der Waals surface area contributed by atoms with Crippen LogP contribution in [-0.4, -0.2) is 54.6 Å². The van der Waals surface area contributed by atoms with Gasteiger partial charge in [0.25, 0.3) is 0 Å². The zero-order valence-corrected chi connectivity index (χ0v) is 22.1. The first kappa shape index (κ1) is 27.2. The van der Waals surface area contributed by atoms with Crippen LogP contribution >= 0.6 is 0 Å². The van der Waals surface area contributed by atoms with Gasteiger partial charge in [-0.3, -0.25) is 9.59 Å². The summed E-state index contributed by atoms with van der Waals surface area (Å²) in [6, 6.07) is 16.4. The molecular formula is C29H39N3O4. The lowest BCUT2D eigenvalue weighted by Crippen LogP contribution is -2.42. The molecule has 1 aliphatic heterocycles. The smallest absolute Gasteiger partial charge is 0.410 e. The summed E-state index contributed by atoms with van der Waals surface area (Å²) in [4.78, 5) is 40.4. The van der Waals surface area contributed by atoms with E-state index in [0.29, 0.717) is 25.9 Å². The van der Waals surface area contributed by atoms with E-state index in [1.807, 2.05) is 62.4 Å². The molecule has 0 spiro atoms. The molecule has 2 N–H and O–H groups in total. The van der Waals surface area contributed by atoms with Crippen LogP contribution in [0, 0.1) is 25.7 Å². The van der Waals surface area contributed by atoms with Gasteiger partial charge in [-0.1, -0.05) is 59.7 Å². The number of benzene rings is 2. The van der Waals surface area contributed by atoms with Gasteiger partial charge in [0.1, 0.15) is 5.60 Å². The molecule has 2 atom stereocenters. The Hall–Kier alpha value is -3.35. The van der Waals surface area contributed by atoms with Crippen molar-refractivity contribution in [1.82, 2.24) is 15.5 Å². The third kappa shape index (κ3) is 8.11. The van der Waals surface area contributed by atoms with Crippen LogP contribution in [0.1, 0.15) is 43.0 Å². The standard InChI is InChI=1S/C29H39N3O4/c1-20-6-10-22(11-7-20)14-16-30-26(33)24-18-32(28(35)36-29(3,4)5)19-25(24)27(34)31-17-15-23-12-8-21(2)9-13-23/h6-13,24-25H,14-19H2,1-5H3,(H,30,33)(H,31,34)/t24-,25-/m1/s1. The summed E-state index contributed by atoms with van der Waals surface area (Å²) in [5.41, 5.74) is 3.98. The minimum absolute atomic E-state index is 0.154. The van der Waals surface area contributed by atoms with E-state index in [9.17, 15) is 14.4 Å². The lowest BCUT2D eigenvalue weighted by atomic mass is 9.94. The van der Waals surface area contributed by atoms with Gasteiger partial charge in [0.05, 0.1) is 11.8 Å². The van der Waals surface area contributed by atoms with Crippen molar-refractivity contribution in [2.75, 3.05) is 26.2 Å². The molecule has 0 aliphatic carbocycles. The minimum Gasteiger partial charge on any atom is -0.444 e. The zero-order chi connectivity index (χ0) is 26.3. The van der Waals surface area contributed by atoms with Crippen LogP contribution in [0.4, 0.5) is 4.79 Å². The van der Waals surface area contributed by atoms with Crippen molar-refractivity contribution in [1.29, 1.82) is 0 Å². The molecule has 3 amide bonds. The van der Waals surface area contributed by atoms with Crippen molar-refractivity contribution >= 4 is 17.9 Å². The topological polar surface area (TPSA) is 87.7 Å². The highest BCUT2D eigenvalue weighted by atomic mass is 16.6. The van der Waals surface area contributed by atoms with Crippen LogP contribution in [0.15, 0.2) is 48.5 Å². The molecule has 194 valence electrons. The largest absolute Gasteiger partial charge is 0.444 e. The van der Waals surface area contributed by atoms with E-state index in [4.69, 9.17) is 4.74 Å². The van der Waals surface area contributed by atoms with Gasteiger partial charge >= 0.3 is 6.09 Å². The summed E-state index contributed by atoms with van der Waals surface area (Å²) in [5, 5.41) is 5.94. The van der Waals surface area contributed by atoms with Gasteiger partial charge in [0.2, 0.25) is 11.8 Å². The minimum atomic E-state index is -0.655. The highest BCUT2D eigenvalue weighted by Gasteiger charge is 2.44. The Morgan fingerprint density at radius 2 is 1.17 bits per heavy atom. The van der Waals surface area contributed by atoms with Crippen LogP contribution in [-0.2, 0) is 27.2 Å². The second kappa shape index (κ2) is 12.1. The first-order chi connectivity index (χ1) is 17.0. The average Bonchev–Trinajstić information content (AvgIpc) is 3.27. The maximum atomic E-state index is 13.1. The molecule has 7 heteroatoms. The Morgan fingerprint density at radius 1 is 0.778 bits per heavy atom. The number of nitrogens with one attached hydrogen (secondary N) is 2. The average molecular weight is 494 g/mol. The third-order valence-corrected chi connectivity index (χ3v) is 6.31. The normalized spacial score (nSPS) is 17.5. The molecule has 3 rings (SSSR count). The maximum Gasteiger partial charge on any atom is 0.410 e. The number of likely N-dealkylation sites (tertiary alicyclic amines) is 1. The Bertz CT molecular complexity index is 970. The molecule has 0 radical (unpaired) electrons. The first-order valence-corrected chi connectivity index (χ1v) is 12.7. The Balaban J connectivity index is 1.60. The highest BCUT2D eigenvalue weighted by Crippen LogP contribution is 2.26. The highest BCUT2D eigenvalue weighted by molar-refractivity contribution is 5.89. The number of hydrogen-bond donors (Lipinski definition) is 2.